The number of hydrogen-bond acceptors (Lipinski definition) is 3. The average Bonchev–Trinajstić information content (AvgIpc) is 2.75. The first-order valence-corrected chi connectivity index (χ1v) is 10.3. The fourth-order valence-electron chi connectivity index (χ4n) is 3.38. The molecule has 0 atom stereocenters. The molecule has 2 aromatic carbocycles. The zero-order valence-electron chi connectivity index (χ0n) is 18.6. The topological polar surface area (TPSA) is 78.5 Å². The maximum atomic E-state index is 11.2. The highest BCUT2D eigenvalue weighted by atomic mass is 16.5. The summed E-state index contributed by atoms with van der Waals surface area (Å²) in [6.45, 7) is 15.2. The maximum absolute atomic E-state index is 11.2. The zero-order chi connectivity index (χ0) is 22.8. The maximum Gasteiger partial charge on any atom is 0.307 e. The molecule has 0 unspecified atom stereocenters. The van der Waals surface area contributed by atoms with E-state index in [4.69, 9.17) is 11.3 Å². The smallest absolute Gasteiger partial charge is 0.307 e. The Bertz CT molecular complexity index is 979. The van der Waals surface area contributed by atoms with Crippen LogP contribution in [-0.2, 0) is 17.8 Å². The quantitative estimate of drug-likeness (QED) is 0.272. The molecule has 7 heteroatoms. The molecule has 2 N–H and O–H groups in total. The predicted molar refractivity (Wildman–Crippen MR) is 123 cm³/mol. The summed E-state index contributed by atoms with van der Waals surface area (Å²) in [5, 5.41) is 9.20. The number of aryl methyl sites for hydroxylation is 1. The summed E-state index contributed by atoms with van der Waals surface area (Å²) in [5.41, 5.74) is 7.37. The number of carboxylic acid groups (broad SMARTS) is 1. The van der Waals surface area contributed by atoms with Crippen LogP contribution in [0.4, 0.5) is 0 Å². The van der Waals surface area contributed by atoms with E-state index in [9.17, 15) is 9.90 Å². The van der Waals surface area contributed by atoms with Gasteiger partial charge in [-0.3, -0.25) is 4.79 Å². The largest absolute Gasteiger partial charge is 0.496 e. The SMILES string of the molecule is [C-]#[N+]NC(=NCCC)N(CC)Cc1cc(C)ccc1-c1cc(CC(=O)O)ccc1OC. The van der Waals surface area contributed by atoms with Gasteiger partial charge in [0.15, 0.2) is 0 Å². The molecule has 0 amide bonds. The lowest BCUT2D eigenvalue weighted by Crippen LogP contribution is -2.38. The van der Waals surface area contributed by atoms with Crippen LogP contribution in [0.3, 0.4) is 0 Å². The highest BCUT2D eigenvalue weighted by Crippen LogP contribution is 2.34. The number of aliphatic carboxylic acids is 1. The number of carboxylic acids is 1. The van der Waals surface area contributed by atoms with Gasteiger partial charge in [0.25, 0.3) is 5.96 Å². The number of carbonyl (C=O) groups is 1. The van der Waals surface area contributed by atoms with Crippen LogP contribution in [0, 0.1) is 13.5 Å². The number of rotatable bonds is 9. The molecule has 164 valence electrons. The van der Waals surface area contributed by atoms with E-state index in [0.717, 1.165) is 28.7 Å². The summed E-state index contributed by atoms with van der Waals surface area (Å²) >= 11 is 0. The highest BCUT2D eigenvalue weighted by Gasteiger charge is 2.18. The van der Waals surface area contributed by atoms with Gasteiger partial charge in [-0.1, -0.05) is 42.2 Å². The second-order valence-corrected chi connectivity index (χ2v) is 7.21. The van der Waals surface area contributed by atoms with Crippen molar-refractivity contribution < 1.29 is 14.6 Å². The zero-order valence-corrected chi connectivity index (χ0v) is 18.6. The van der Waals surface area contributed by atoms with Gasteiger partial charge in [0.05, 0.1) is 13.5 Å². The minimum Gasteiger partial charge on any atom is -0.496 e. The number of aliphatic imine (C=N–C) groups is 1. The van der Waals surface area contributed by atoms with Crippen LogP contribution >= 0.6 is 0 Å². The minimum atomic E-state index is -0.876. The first kappa shape index (κ1) is 23.7. The van der Waals surface area contributed by atoms with E-state index in [-0.39, 0.29) is 6.42 Å². The van der Waals surface area contributed by atoms with E-state index in [2.05, 4.69) is 21.4 Å². The molecule has 0 saturated heterocycles. The van der Waals surface area contributed by atoms with Crippen molar-refractivity contribution in [2.75, 3.05) is 20.2 Å². The van der Waals surface area contributed by atoms with Gasteiger partial charge in [-0.05, 0) is 49.1 Å². The van der Waals surface area contributed by atoms with Crippen molar-refractivity contribution in [3.63, 3.8) is 0 Å². The standard InChI is InChI=1S/C24H30N4O3/c1-6-12-26-24(27-25-4)28(7-2)16-19-13-17(3)8-10-20(19)21-14-18(15-23(29)30)9-11-22(21)31-5/h8-11,13-14H,6-7,12,15-16H2,1-3,5H3,(H,26,27)(H,29,30). The van der Waals surface area contributed by atoms with Gasteiger partial charge in [0.2, 0.25) is 0 Å². The summed E-state index contributed by atoms with van der Waals surface area (Å²) in [5.74, 6) is 0.360. The van der Waals surface area contributed by atoms with Crippen molar-refractivity contribution in [2.45, 2.75) is 40.2 Å². The molecule has 0 spiro atoms. The Morgan fingerprint density at radius 3 is 2.61 bits per heavy atom. The van der Waals surface area contributed by atoms with Crippen molar-refractivity contribution in [2.24, 2.45) is 4.99 Å². The van der Waals surface area contributed by atoms with Gasteiger partial charge in [-0.2, -0.15) is 11.5 Å². The summed E-state index contributed by atoms with van der Waals surface area (Å²) in [4.78, 5) is 21.1. The number of benzene rings is 2. The molecule has 31 heavy (non-hydrogen) atoms. The molecule has 7 nitrogen and oxygen atoms in total. The third kappa shape index (κ3) is 6.48. The molecule has 0 aliphatic carbocycles. The Morgan fingerprint density at radius 1 is 1.23 bits per heavy atom. The molecule has 0 saturated carbocycles. The van der Waals surface area contributed by atoms with Crippen molar-refractivity contribution in [3.05, 3.63) is 64.6 Å². The van der Waals surface area contributed by atoms with E-state index < -0.39 is 5.97 Å². The molecule has 0 radical (unpaired) electrons. The highest BCUT2D eigenvalue weighted by molar-refractivity contribution is 5.81. The summed E-state index contributed by atoms with van der Waals surface area (Å²) in [6, 6.07) is 11.6. The lowest BCUT2D eigenvalue weighted by atomic mass is 9.94. The Morgan fingerprint density at radius 2 is 2.00 bits per heavy atom. The van der Waals surface area contributed by atoms with E-state index in [1.165, 1.54) is 0 Å². The fraction of sp³-hybridized carbons (Fsp3) is 0.375. The normalized spacial score (nSPS) is 11.0. The second kappa shape index (κ2) is 11.6. The molecule has 0 aliphatic rings. The van der Waals surface area contributed by atoms with Crippen LogP contribution in [0.5, 0.6) is 5.75 Å². The monoisotopic (exact) mass is 422 g/mol. The first-order chi connectivity index (χ1) is 14.9. The molecule has 0 fully saturated rings. The molecule has 0 aromatic heterocycles. The molecule has 0 bridgehead atoms. The molecular formula is C24H30N4O3. The summed E-state index contributed by atoms with van der Waals surface area (Å²) < 4.78 is 5.58. The van der Waals surface area contributed by atoms with Crippen molar-refractivity contribution in [3.8, 4) is 16.9 Å². The van der Waals surface area contributed by atoms with Gasteiger partial charge in [-0.15, -0.1) is 0 Å². The lowest BCUT2D eigenvalue weighted by molar-refractivity contribution is -0.136. The lowest BCUT2D eigenvalue weighted by Gasteiger charge is -2.24. The molecule has 2 aromatic rings. The van der Waals surface area contributed by atoms with Crippen molar-refractivity contribution in [1.82, 2.24) is 10.3 Å². The Kier molecular flexibility index (Phi) is 8.89. The third-order valence-corrected chi connectivity index (χ3v) is 4.85. The Hall–Kier alpha value is -3.53. The molecule has 2 rings (SSSR count). The van der Waals surface area contributed by atoms with E-state index in [0.29, 0.717) is 36.9 Å². The third-order valence-electron chi connectivity index (χ3n) is 4.85. The van der Waals surface area contributed by atoms with Crippen LogP contribution in [-0.4, -0.2) is 42.1 Å². The minimum absolute atomic E-state index is 0.0535. The van der Waals surface area contributed by atoms with Gasteiger partial charge in [0.1, 0.15) is 5.75 Å². The number of nitrogens with one attached hydrogen (secondary N) is 1. The van der Waals surface area contributed by atoms with Crippen LogP contribution < -0.4 is 10.2 Å². The van der Waals surface area contributed by atoms with Crippen LogP contribution in [0.15, 0.2) is 41.4 Å². The van der Waals surface area contributed by atoms with Crippen molar-refractivity contribution in [1.29, 1.82) is 0 Å². The number of ether oxygens (including phenoxy) is 1. The number of nitrogens with zero attached hydrogens (tertiary/aromatic N) is 3. The summed E-state index contributed by atoms with van der Waals surface area (Å²) in [7, 11) is 1.61. The average molecular weight is 423 g/mol. The predicted octanol–water partition coefficient (Wildman–Crippen LogP) is 4.31. The van der Waals surface area contributed by atoms with Gasteiger partial charge < -0.3 is 14.7 Å². The molecular weight excluding hydrogens is 392 g/mol. The molecule has 0 heterocycles. The van der Waals surface area contributed by atoms with E-state index in [1.807, 2.05) is 49.9 Å². The van der Waals surface area contributed by atoms with Gasteiger partial charge in [-0.25, -0.2) is 4.99 Å². The van der Waals surface area contributed by atoms with Crippen molar-refractivity contribution >= 4 is 11.9 Å². The number of hydrogen-bond donors (Lipinski definition) is 2. The second-order valence-electron chi connectivity index (χ2n) is 7.21. The number of methoxy groups -OCH3 is 1. The summed E-state index contributed by atoms with van der Waals surface area (Å²) in [6.07, 6.45) is 0.839. The fourth-order valence-corrected chi connectivity index (χ4v) is 3.38. The van der Waals surface area contributed by atoms with Gasteiger partial charge in [0, 0.05) is 25.2 Å². The van der Waals surface area contributed by atoms with E-state index in [1.54, 1.807) is 13.2 Å². The van der Waals surface area contributed by atoms with Crippen LogP contribution in [0.25, 0.3) is 16.1 Å². The number of guanidine groups is 1. The van der Waals surface area contributed by atoms with E-state index >= 15 is 0 Å². The van der Waals surface area contributed by atoms with Crippen LogP contribution in [0.2, 0.25) is 0 Å². The Balaban J connectivity index is 2.54. The van der Waals surface area contributed by atoms with Gasteiger partial charge >= 0.3 is 5.97 Å². The first-order valence-electron chi connectivity index (χ1n) is 10.3. The Labute approximate surface area is 184 Å². The van der Waals surface area contributed by atoms with Crippen LogP contribution in [0.1, 0.15) is 37.0 Å². The molecule has 0 aliphatic heterocycles.